The number of aromatic amines is 1. The summed E-state index contributed by atoms with van der Waals surface area (Å²) in [6.07, 6.45) is 3.28. The second kappa shape index (κ2) is 4.80. The van der Waals surface area contributed by atoms with Crippen molar-refractivity contribution in [2.75, 3.05) is 0 Å². The lowest BCUT2D eigenvalue weighted by Crippen LogP contribution is -2.21. The molecule has 2 heterocycles. The Labute approximate surface area is 105 Å². The van der Waals surface area contributed by atoms with Crippen molar-refractivity contribution in [2.45, 2.75) is 13.5 Å². The van der Waals surface area contributed by atoms with Crippen molar-refractivity contribution in [3.05, 3.63) is 38.5 Å². The normalized spacial score (nSPS) is 10.4. The van der Waals surface area contributed by atoms with Crippen molar-refractivity contribution in [1.29, 1.82) is 0 Å². The smallest absolute Gasteiger partial charge is 0.261 e. The zero-order chi connectivity index (χ0) is 11.5. The molecule has 4 nitrogen and oxygen atoms in total. The Morgan fingerprint density at radius 3 is 3.06 bits per heavy atom. The van der Waals surface area contributed by atoms with Gasteiger partial charge in [0.25, 0.3) is 5.91 Å². The molecule has 0 saturated carbocycles. The first-order chi connectivity index (χ1) is 7.66. The molecule has 84 valence electrons. The molecule has 2 aromatic rings. The molecule has 1 amide bonds. The number of nitrogens with one attached hydrogen (secondary N) is 2. The van der Waals surface area contributed by atoms with Gasteiger partial charge in [-0.2, -0.15) is 0 Å². The number of thiophene rings is 1. The minimum atomic E-state index is -0.0617. The molecule has 2 rings (SSSR count). The van der Waals surface area contributed by atoms with Gasteiger partial charge in [0.2, 0.25) is 0 Å². The molecule has 0 spiro atoms. The van der Waals surface area contributed by atoms with Crippen LogP contribution < -0.4 is 5.32 Å². The summed E-state index contributed by atoms with van der Waals surface area (Å²) >= 11 is 4.83. The lowest BCUT2D eigenvalue weighted by molar-refractivity contribution is 0.0954. The summed E-state index contributed by atoms with van der Waals surface area (Å²) in [4.78, 5) is 19.3. The lowest BCUT2D eigenvalue weighted by atomic mass is 10.3. The van der Waals surface area contributed by atoms with E-state index in [9.17, 15) is 4.79 Å². The molecule has 0 unspecified atom stereocenters. The van der Waals surface area contributed by atoms with Gasteiger partial charge in [-0.1, -0.05) is 0 Å². The zero-order valence-electron chi connectivity index (χ0n) is 8.58. The van der Waals surface area contributed by atoms with Crippen LogP contribution in [0, 0.1) is 6.92 Å². The Morgan fingerprint density at radius 1 is 1.69 bits per heavy atom. The van der Waals surface area contributed by atoms with E-state index in [1.54, 1.807) is 12.5 Å². The van der Waals surface area contributed by atoms with Crippen molar-refractivity contribution >= 4 is 33.2 Å². The van der Waals surface area contributed by atoms with Crippen molar-refractivity contribution < 1.29 is 4.79 Å². The SMILES string of the molecule is Cc1cc(C(=O)NCc2cnc[nH]2)sc1Br. The summed E-state index contributed by atoms with van der Waals surface area (Å²) < 4.78 is 0.999. The van der Waals surface area contributed by atoms with Gasteiger partial charge in [0.1, 0.15) is 0 Å². The monoisotopic (exact) mass is 299 g/mol. The Morgan fingerprint density at radius 2 is 2.50 bits per heavy atom. The van der Waals surface area contributed by atoms with Crippen LogP contribution in [-0.2, 0) is 6.54 Å². The highest BCUT2D eigenvalue weighted by molar-refractivity contribution is 9.11. The first-order valence-corrected chi connectivity index (χ1v) is 6.29. The second-order valence-corrected chi connectivity index (χ2v) is 5.70. The average molecular weight is 300 g/mol. The second-order valence-electron chi connectivity index (χ2n) is 3.33. The Balaban J connectivity index is 1.98. The van der Waals surface area contributed by atoms with E-state index in [-0.39, 0.29) is 5.91 Å². The van der Waals surface area contributed by atoms with E-state index >= 15 is 0 Å². The first-order valence-electron chi connectivity index (χ1n) is 4.68. The number of carbonyl (C=O) groups is 1. The van der Waals surface area contributed by atoms with E-state index in [0.717, 1.165) is 15.0 Å². The molecule has 0 aliphatic carbocycles. The van der Waals surface area contributed by atoms with E-state index in [4.69, 9.17) is 0 Å². The number of imidazole rings is 1. The molecule has 0 fully saturated rings. The van der Waals surface area contributed by atoms with Gasteiger partial charge in [-0.25, -0.2) is 4.98 Å². The Hall–Kier alpha value is -1.14. The molecule has 0 aliphatic rings. The van der Waals surface area contributed by atoms with Gasteiger partial charge in [0, 0.05) is 6.20 Å². The quantitative estimate of drug-likeness (QED) is 0.915. The minimum absolute atomic E-state index is 0.0617. The number of hydrogen-bond acceptors (Lipinski definition) is 3. The van der Waals surface area contributed by atoms with Crippen molar-refractivity contribution in [3.8, 4) is 0 Å². The third-order valence-electron chi connectivity index (χ3n) is 2.08. The van der Waals surface area contributed by atoms with Crippen LogP contribution in [0.5, 0.6) is 0 Å². The van der Waals surface area contributed by atoms with Gasteiger partial charge in [-0.3, -0.25) is 4.79 Å². The summed E-state index contributed by atoms with van der Waals surface area (Å²) in [5.41, 5.74) is 1.97. The largest absolute Gasteiger partial charge is 0.347 e. The summed E-state index contributed by atoms with van der Waals surface area (Å²) in [5, 5.41) is 2.82. The number of nitrogens with zero attached hydrogens (tertiary/aromatic N) is 1. The van der Waals surface area contributed by atoms with E-state index in [0.29, 0.717) is 11.4 Å². The average Bonchev–Trinajstić information content (AvgIpc) is 2.86. The molecule has 2 aromatic heterocycles. The molecular formula is C10H10BrN3OS. The molecule has 0 atom stereocenters. The van der Waals surface area contributed by atoms with Crippen LogP contribution >= 0.6 is 27.3 Å². The van der Waals surface area contributed by atoms with Crippen LogP contribution in [0.3, 0.4) is 0 Å². The first kappa shape index (κ1) is 11.3. The standard InChI is InChI=1S/C10H10BrN3OS/c1-6-2-8(16-9(6)11)10(15)13-4-7-3-12-5-14-7/h2-3,5H,4H2,1H3,(H,12,14)(H,13,15). The highest BCUT2D eigenvalue weighted by Gasteiger charge is 2.10. The molecule has 0 aliphatic heterocycles. The summed E-state index contributed by atoms with van der Waals surface area (Å²) in [5.74, 6) is -0.0617. The van der Waals surface area contributed by atoms with Gasteiger partial charge in [0.05, 0.1) is 27.2 Å². The molecule has 16 heavy (non-hydrogen) atoms. The number of H-pyrrole nitrogens is 1. The van der Waals surface area contributed by atoms with Crippen molar-refractivity contribution in [1.82, 2.24) is 15.3 Å². The van der Waals surface area contributed by atoms with E-state index in [2.05, 4.69) is 31.2 Å². The number of aryl methyl sites for hydroxylation is 1. The van der Waals surface area contributed by atoms with Gasteiger partial charge in [0.15, 0.2) is 0 Å². The molecule has 0 saturated heterocycles. The maximum absolute atomic E-state index is 11.7. The van der Waals surface area contributed by atoms with Gasteiger partial charge < -0.3 is 10.3 Å². The predicted octanol–water partition coefficient (Wildman–Crippen LogP) is 2.47. The fourth-order valence-corrected chi connectivity index (χ4v) is 2.67. The van der Waals surface area contributed by atoms with Crippen LogP contribution in [0.2, 0.25) is 0 Å². The molecule has 2 N–H and O–H groups in total. The molecular weight excluding hydrogens is 290 g/mol. The number of rotatable bonds is 3. The number of amides is 1. The highest BCUT2D eigenvalue weighted by Crippen LogP contribution is 2.27. The molecule has 0 radical (unpaired) electrons. The summed E-state index contributed by atoms with van der Waals surface area (Å²) in [6, 6.07) is 1.87. The third-order valence-corrected chi connectivity index (χ3v) is 4.21. The molecule has 0 bridgehead atoms. The van der Waals surface area contributed by atoms with Gasteiger partial charge >= 0.3 is 0 Å². The van der Waals surface area contributed by atoms with Crippen LogP contribution in [-0.4, -0.2) is 15.9 Å². The number of aromatic nitrogens is 2. The van der Waals surface area contributed by atoms with Crippen LogP contribution in [0.4, 0.5) is 0 Å². The summed E-state index contributed by atoms with van der Waals surface area (Å²) in [6.45, 7) is 2.43. The van der Waals surface area contributed by atoms with Crippen molar-refractivity contribution in [3.63, 3.8) is 0 Å². The van der Waals surface area contributed by atoms with Crippen molar-refractivity contribution in [2.24, 2.45) is 0 Å². The molecule has 0 aromatic carbocycles. The maximum Gasteiger partial charge on any atom is 0.261 e. The van der Waals surface area contributed by atoms with Gasteiger partial charge in [-0.05, 0) is 34.5 Å². The topological polar surface area (TPSA) is 57.8 Å². The number of carbonyl (C=O) groups excluding carboxylic acids is 1. The van der Waals surface area contributed by atoms with Crippen LogP contribution in [0.1, 0.15) is 20.9 Å². The number of hydrogen-bond donors (Lipinski definition) is 2. The third kappa shape index (κ3) is 2.51. The minimum Gasteiger partial charge on any atom is -0.347 e. The van der Waals surface area contributed by atoms with Gasteiger partial charge in [-0.15, -0.1) is 11.3 Å². The number of halogens is 1. The van der Waals surface area contributed by atoms with Crippen LogP contribution in [0.15, 0.2) is 22.4 Å². The lowest BCUT2D eigenvalue weighted by Gasteiger charge is -2.00. The van der Waals surface area contributed by atoms with E-state index in [1.807, 2.05) is 13.0 Å². The molecule has 6 heteroatoms. The van der Waals surface area contributed by atoms with E-state index < -0.39 is 0 Å². The Bertz CT molecular complexity index is 473. The van der Waals surface area contributed by atoms with Crippen LogP contribution in [0.25, 0.3) is 0 Å². The predicted molar refractivity (Wildman–Crippen MR) is 66.5 cm³/mol. The maximum atomic E-state index is 11.7. The zero-order valence-corrected chi connectivity index (χ0v) is 11.0. The highest BCUT2D eigenvalue weighted by atomic mass is 79.9. The fraction of sp³-hybridized carbons (Fsp3) is 0.200. The van der Waals surface area contributed by atoms with E-state index in [1.165, 1.54) is 11.3 Å². The fourth-order valence-electron chi connectivity index (χ4n) is 1.22. The summed E-state index contributed by atoms with van der Waals surface area (Å²) in [7, 11) is 0. The Kier molecular flexibility index (Phi) is 3.40.